The van der Waals surface area contributed by atoms with Crippen LogP contribution in [0.1, 0.15) is 51.5 Å². The zero-order valence-corrected chi connectivity index (χ0v) is 17.1. The smallest absolute Gasteiger partial charge is 0.157 e. The van der Waals surface area contributed by atoms with Crippen LogP contribution in [-0.4, -0.2) is 24.4 Å². The van der Waals surface area contributed by atoms with Gasteiger partial charge in [-0.15, -0.1) is 0 Å². The van der Waals surface area contributed by atoms with E-state index < -0.39 is 0 Å². The van der Waals surface area contributed by atoms with E-state index in [0.717, 1.165) is 25.1 Å². The molecule has 0 spiro atoms. The van der Waals surface area contributed by atoms with Crippen LogP contribution in [0.15, 0.2) is 36.3 Å². The summed E-state index contributed by atoms with van der Waals surface area (Å²) in [6.07, 6.45) is 13.4. The van der Waals surface area contributed by atoms with Crippen molar-refractivity contribution >= 4 is 11.4 Å². The maximum absolute atomic E-state index is 12.0. The fraction of sp³-hybridized carbons (Fsp3) is 0.583. The number of carbonyl (C=O) groups excluding carboxylic acids is 1. The SMILES string of the molecule is COc1cncc(C2=CC[C@H]3[C@@H]4CNC5=CC(=O)CC[C@]5(C)[C@H]4CC[C@]23C)c1. The molecule has 1 aromatic rings. The van der Waals surface area contributed by atoms with E-state index in [4.69, 9.17) is 4.74 Å². The summed E-state index contributed by atoms with van der Waals surface area (Å²) in [4.78, 5) is 16.4. The Labute approximate surface area is 167 Å². The first kappa shape index (κ1) is 18.0. The summed E-state index contributed by atoms with van der Waals surface area (Å²) in [5, 5.41) is 3.68. The lowest BCUT2D eigenvalue weighted by molar-refractivity contribution is -0.117. The molecule has 2 fully saturated rings. The second-order valence-electron chi connectivity index (χ2n) is 9.62. The van der Waals surface area contributed by atoms with Crippen LogP contribution < -0.4 is 10.1 Å². The van der Waals surface area contributed by atoms with Crippen molar-refractivity contribution < 1.29 is 9.53 Å². The molecule has 1 saturated heterocycles. The Morgan fingerprint density at radius 2 is 2.04 bits per heavy atom. The minimum absolute atomic E-state index is 0.137. The van der Waals surface area contributed by atoms with Crippen LogP contribution in [0.5, 0.6) is 5.75 Å². The van der Waals surface area contributed by atoms with Gasteiger partial charge in [-0.2, -0.15) is 0 Å². The van der Waals surface area contributed by atoms with Gasteiger partial charge >= 0.3 is 0 Å². The Morgan fingerprint density at radius 1 is 1.18 bits per heavy atom. The molecule has 1 saturated carbocycles. The molecule has 0 radical (unpaired) electrons. The highest BCUT2D eigenvalue weighted by atomic mass is 16.5. The van der Waals surface area contributed by atoms with Crippen molar-refractivity contribution in [2.24, 2.45) is 28.6 Å². The largest absolute Gasteiger partial charge is 0.495 e. The maximum atomic E-state index is 12.0. The molecule has 0 bridgehead atoms. The van der Waals surface area contributed by atoms with E-state index in [1.807, 2.05) is 12.3 Å². The van der Waals surface area contributed by atoms with Crippen LogP contribution >= 0.6 is 0 Å². The first-order valence-electron chi connectivity index (χ1n) is 10.6. The van der Waals surface area contributed by atoms with Gasteiger partial charge in [0.1, 0.15) is 5.75 Å². The summed E-state index contributed by atoms with van der Waals surface area (Å²) in [6, 6.07) is 2.13. The van der Waals surface area contributed by atoms with E-state index in [1.54, 1.807) is 13.3 Å². The molecule has 2 heterocycles. The second kappa shape index (κ2) is 6.20. The minimum atomic E-state index is 0.137. The van der Waals surface area contributed by atoms with Gasteiger partial charge in [-0.3, -0.25) is 9.78 Å². The van der Waals surface area contributed by atoms with Gasteiger partial charge in [-0.1, -0.05) is 19.9 Å². The van der Waals surface area contributed by atoms with Crippen LogP contribution in [0.3, 0.4) is 0 Å². The number of rotatable bonds is 2. The number of ketones is 1. The number of piperidine rings is 1. The lowest BCUT2D eigenvalue weighted by atomic mass is 9.50. The van der Waals surface area contributed by atoms with Crippen LogP contribution in [0.4, 0.5) is 0 Å². The van der Waals surface area contributed by atoms with E-state index >= 15 is 0 Å². The van der Waals surface area contributed by atoms with E-state index in [1.165, 1.54) is 29.7 Å². The summed E-state index contributed by atoms with van der Waals surface area (Å²) in [6.45, 7) is 5.86. The van der Waals surface area contributed by atoms with Gasteiger partial charge in [0.05, 0.1) is 13.3 Å². The molecular weight excluding hydrogens is 348 g/mol. The summed E-state index contributed by atoms with van der Waals surface area (Å²) >= 11 is 0. The first-order valence-corrected chi connectivity index (χ1v) is 10.6. The van der Waals surface area contributed by atoms with Gasteiger partial charge in [0.2, 0.25) is 0 Å². The molecule has 148 valence electrons. The molecule has 0 aromatic carbocycles. The zero-order valence-electron chi connectivity index (χ0n) is 17.1. The zero-order chi connectivity index (χ0) is 19.5. The van der Waals surface area contributed by atoms with Gasteiger partial charge < -0.3 is 10.1 Å². The van der Waals surface area contributed by atoms with Gasteiger partial charge in [-0.25, -0.2) is 0 Å². The second-order valence-corrected chi connectivity index (χ2v) is 9.62. The van der Waals surface area contributed by atoms with E-state index in [9.17, 15) is 4.79 Å². The molecular formula is C24H30N2O2. The number of ether oxygens (including phenoxy) is 1. The van der Waals surface area contributed by atoms with Crippen LogP contribution in [-0.2, 0) is 4.79 Å². The van der Waals surface area contributed by atoms with Crippen LogP contribution in [0.25, 0.3) is 5.57 Å². The fourth-order valence-electron chi connectivity index (χ4n) is 6.84. The molecule has 5 atom stereocenters. The quantitative estimate of drug-likeness (QED) is 0.830. The molecule has 1 aliphatic heterocycles. The van der Waals surface area contributed by atoms with Gasteiger partial charge in [0.15, 0.2) is 5.78 Å². The highest BCUT2D eigenvalue weighted by Crippen LogP contribution is 2.64. The van der Waals surface area contributed by atoms with Gasteiger partial charge in [-0.05, 0) is 66.1 Å². The van der Waals surface area contributed by atoms with Crippen molar-refractivity contribution in [2.75, 3.05) is 13.7 Å². The number of carbonyl (C=O) groups is 1. The number of allylic oxidation sites excluding steroid dienone is 4. The number of pyridine rings is 1. The van der Waals surface area contributed by atoms with Crippen molar-refractivity contribution in [1.29, 1.82) is 0 Å². The summed E-state index contributed by atoms with van der Waals surface area (Å²) in [5.41, 5.74) is 4.20. The van der Waals surface area contributed by atoms with E-state index in [-0.39, 0.29) is 16.6 Å². The average molecular weight is 379 g/mol. The van der Waals surface area contributed by atoms with Gasteiger partial charge in [0, 0.05) is 36.4 Å². The Kier molecular flexibility index (Phi) is 3.98. The van der Waals surface area contributed by atoms with Crippen molar-refractivity contribution in [3.8, 4) is 5.75 Å². The molecule has 4 aliphatic rings. The highest BCUT2D eigenvalue weighted by Gasteiger charge is 2.57. The highest BCUT2D eigenvalue weighted by molar-refractivity contribution is 5.91. The predicted octanol–water partition coefficient (Wildman–Crippen LogP) is 4.38. The van der Waals surface area contributed by atoms with Crippen LogP contribution in [0.2, 0.25) is 0 Å². The number of hydrogen-bond donors (Lipinski definition) is 1. The Balaban J connectivity index is 1.47. The number of nitrogens with zero attached hydrogens (tertiary/aromatic N) is 1. The summed E-state index contributed by atoms with van der Waals surface area (Å²) < 4.78 is 5.42. The average Bonchev–Trinajstić information content (AvgIpc) is 3.06. The standard InChI is InChI=1S/C24H30N2O2/c1-23-9-7-21-18(14-26-22-11-16(27)6-8-24(21,22)2)20(23)5-4-19(23)15-10-17(28-3)13-25-12-15/h4,10-13,18,20-21,26H,5-9,14H2,1-3H3/t18-,20-,21-,23+,24+/m0/s1. The molecule has 4 heteroatoms. The molecule has 3 aliphatic carbocycles. The number of fused-ring (bicyclic) bond motifs is 5. The van der Waals surface area contributed by atoms with Crippen molar-refractivity contribution in [1.82, 2.24) is 10.3 Å². The lowest BCUT2D eigenvalue weighted by Crippen LogP contribution is -2.56. The molecule has 0 unspecified atom stereocenters. The number of methoxy groups -OCH3 is 1. The van der Waals surface area contributed by atoms with Crippen molar-refractivity contribution in [3.63, 3.8) is 0 Å². The number of nitrogens with one attached hydrogen (secondary N) is 1. The molecule has 4 nitrogen and oxygen atoms in total. The monoisotopic (exact) mass is 378 g/mol. The van der Waals surface area contributed by atoms with Crippen molar-refractivity contribution in [2.45, 2.75) is 46.0 Å². The van der Waals surface area contributed by atoms with Gasteiger partial charge in [0.25, 0.3) is 0 Å². The first-order chi connectivity index (χ1) is 13.5. The lowest BCUT2D eigenvalue weighted by Gasteiger charge is -2.58. The van der Waals surface area contributed by atoms with E-state index in [2.05, 4.69) is 36.3 Å². The summed E-state index contributed by atoms with van der Waals surface area (Å²) in [7, 11) is 1.70. The molecule has 1 N–H and O–H groups in total. The normalized spacial score (nSPS) is 39.1. The Hall–Kier alpha value is -2.10. The third-order valence-electron chi connectivity index (χ3n) is 8.44. The molecule has 0 amide bonds. The fourth-order valence-corrected chi connectivity index (χ4v) is 6.84. The van der Waals surface area contributed by atoms with E-state index in [0.29, 0.717) is 24.2 Å². The Bertz CT molecular complexity index is 888. The topological polar surface area (TPSA) is 51.2 Å². The third-order valence-corrected chi connectivity index (χ3v) is 8.44. The Morgan fingerprint density at radius 3 is 2.86 bits per heavy atom. The minimum Gasteiger partial charge on any atom is -0.495 e. The summed E-state index contributed by atoms with van der Waals surface area (Å²) in [5.74, 6) is 3.08. The predicted molar refractivity (Wildman–Crippen MR) is 110 cm³/mol. The molecule has 1 aromatic heterocycles. The van der Waals surface area contributed by atoms with Crippen molar-refractivity contribution in [3.05, 3.63) is 41.9 Å². The number of aromatic nitrogens is 1. The molecule has 28 heavy (non-hydrogen) atoms. The van der Waals surface area contributed by atoms with Crippen LogP contribution in [0, 0.1) is 28.6 Å². The number of hydrogen-bond acceptors (Lipinski definition) is 4. The molecule has 5 rings (SSSR count). The third kappa shape index (κ3) is 2.42. The maximum Gasteiger partial charge on any atom is 0.157 e.